The van der Waals surface area contributed by atoms with Crippen molar-refractivity contribution in [3.63, 3.8) is 0 Å². The first-order chi connectivity index (χ1) is 13.2. The first-order valence-electron chi connectivity index (χ1n) is 9.30. The van der Waals surface area contributed by atoms with Crippen molar-refractivity contribution in [1.82, 2.24) is 0 Å². The van der Waals surface area contributed by atoms with Crippen molar-refractivity contribution < 1.29 is 19.0 Å². The summed E-state index contributed by atoms with van der Waals surface area (Å²) < 4.78 is 16.6. The highest BCUT2D eigenvalue weighted by molar-refractivity contribution is 5.84. The summed E-state index contributed by atoms with van der Waals surface area (Å²) in [6.07, 6.45) is 3.34. The Labute approximate surface area is 159 Å². The lowest BCUT2D eigenvalue weighted by Crippen LogP contribution is -2.17. The van der Waals surface area contributed by atoms with Crippen molar-refractivity contribution in [2.75, 3.05) is 13.2 Å². The number of hydrogen-bond acceptors (Lipinski definition) is 4. The van der Waals surface area contributed by atoms with Crippen LogP contribution in [0.25, 0.3) is 10.8 Å². The topological polar surface area (TPSA) is 44.8 Å². The van der Waals surface area contributed by atoms with Gasteiger partial charge in [-0.2, -0.15) is 0 Å². The number of benzene rings is 3. The molecule has 3 aromatic rings. The molecule has 0 bridgehead atoms. The lowest BCUT2D eigenvalue weighted by molar-refractivity contribution is -0.136. The molecule has 0 radical (unpaired) electrons. The maximum Gasteiger partial charge on any atom is 0.349 e. The molecule has 0 saturated heterocycles. The summed E-state index contributed by atoms with van der Waals surface area (Å²) in [4.78, 5) is 12.1. The summed E-state index contributed by atoms with van der Waals surface area (Å²) in [6, 6.07) is 20.8. The van der Waals surface area contributed by atoms with Gasteiger partial charge in [0.2, 0.25) is 0 Å². The van der Waals surface area contributed by atoms with Crippen LogP contribution in [-0.2, 0) is 4.79 Å². The zero-order valence-electron chi connectivity index (χ0n) is 15.5. The number of unbranched alkanes of at least 4 members (excludes halogenated alkanes) is 2. The predicted octanol–water partition coefficient (Wildman–Crippen LogP) is 5.39. The average Bonchev–Trinajstić information content (AvgIpc) is 2.70. The van der Waals surface area contributed by atoms with E-state index < -0.39 is 5.97 Å². The molecule has 4 nitrogen and oxygen atoms in total. The highest BCUT2D eigenvalue weighted by atomic mass is 16.6. The Kier molecular flexibility index (Phi) is 6.69. The van der Waals surface area contributed by atoms with Gasteiger partial charge < -0.3 is 14.2 Å². The molecule has 0 unspecified atom stereocenters. The Bertz CT molecular complexity index is 888. The number of carbonyl (C=O) groups excluding carboxylic acids is 1. The molecule has 0 aliphatic rings. The highest BCUT2D eigenvalue weighted by Crippen LogP contribution is 2.22. The van der Waals surface area contributed by atoms with Crippen LogP contribution in [0, 0.1) is 0 Å². The van der Waals surface area contributed by atoms with E-state index in [1.54, 1.807) is 18.2 Å². The minimum Gasteiger partial charge on any atom is -0.493 e. The average molecular weight is 364 g/mol. The molecule has 0 fully saturated rings. The molecule has 0 heterocycles. The van der Waals surface area contributed by atoms with Gasteiger partial charge in [-0.1, -0.05) is 56.2 Å². The van der Waals surface area contributed by atoms with Gasteiger partial charge in [0.15, 0.2) is 6.61 Å². The summed E-state index contributed by atoms with van der Waals surface area (Å²) in [5, 5.41) is 2.13. The van der Waals surface area contributed by atoms with Crippen molar-refractivity contribution >= 4 is 16.7 Å². The first kappa shape index (κ1) is 18.8. The Hall–Kier alpha value is -3.01. The van der Waals surface area contributed by atoms with E-state index in [0.717, 1.165) is 35.8 Å². The van der Waals surface area contributed by atoms with Crippen LogP contribution >= 0.6 is 0 Å². The number of esters is 1. The summed E-state index contributed by atoms with van der Waals surface area (Å²) >= 11 is 0. The Balaban J connectivity index is 1.51. The fourth-order valence-corrected chi connectivity index (χ4v) is 2.73. The van der Waals surface area contributed by atoms with Crippen molar-refractivity contribution in [3.05, 3.63) is 66.7 Å². The van der Waals surface area contributed by atoms with Crippen LogP contribution in [0.4, 0.5) is 0 Å². The maximum atomic E-state index is 12.1. The molecule has 0 aliphatic carbocycles. The van der Waals surface area contributed by atoms with Gasteiger partial charge in [-0.15, -0.1) is 0 Å². The van der Waals surface area contributed by atoms with E-state index in [1.807, 2.05) is 48.5 Å². The van der Waals surface area contributed by atoms with Gasteiger partial charge in [0, 0.05) is 6.07 Å². The molecular formula is C23H24O4. The first-order valence-corrected chi connectivity index (χ1v) is 9.30. The van der Waals surface area contributed by atoms with Crippen molar-refractivity contribution in [2.24, 2.45) is 0 Å². The molecule has 0 amide bonds. The second kappa shape index (κ2) is 9.62. The lowest BCUT2D eigenvalue weighted by Gasteiger charge is -2.10. The van der Waals surface area contributed by atoms with Crippen LogP contribution in [0.1, 0.15) is 26.2 Å². The Morgan fingerprint density at radius 3 is 2.37 bits per heavy atom. The minimum absolute atomic E-state index is 0.161. The molecule has 0 spiro atoms. The molecule has 0 atom stereocenters. The summed E-state index contributed by atoms with van der Waals surface area (Å²) in [7, 11) is 0. The van der Waals surface area contributed by atoms with Crippen LogP contribution in [0.3, 0.4) is 0 Å². The van der Waals surface area contributed by atoms with Gasteiger partial charge in [0.1, 0.15) is 17.2 Å². The summed E-state index contributed by atoms with van der Waals surface area (Å²) in [5.74, 6) is 1.39. The molecular weight excluding hydrogens is 340 g/mol. The van der Waals surface area contributed by atoms with E-state index in [2.05, 4.69) is 6.92 Å². The molecule has 0 aliphatic heterocycles. The van der Waals surface area contributed by atoms with Gasteiger partial charge in [-0.3, -0.25) is 0 Å². The number of rotatable bonds is 9. The van der Waals surface area contributed by atoms with Crippen LogP contribution < -0.4 is 14.2 Å². The predicted molar refractivity (Wildman–Crippen MR) is 107 cm³/mol. The Morgan fingerprint density at radius 1 is 0.778 bits per heavy atom. The van der Waals surface area contributed by atoms with E-state index in [0.29, 0.717) is 18.1 Å². The molecule has 0 saturated carbocycles. The molecule has 3 rings (SSSR count). The monoisotopic (exact) mass is 364 g/mol. The second-order valence-corrected chi connectivity index (χ2v) is 6.30. The van der Waals surface area contributed by atoms with Crippen molar-refractivity contribution in [1.29, 1.82) is 0 Å². The van der Waals surface area contributed by atoms with E-state index in [-0.39, 0.29) is 6.61 Å². The second-order valence-electron chi connectivity index (χ2n) is 6.30. The summed E-state index contributed by atoms with van der Waals surface area (Å²) in [6.45, 7) is 2.68. The molecule has 0 N–H and O–H groups in total. The van der Waals surface area contributed by atoms with Gasteiger partial charge in [0.25, 0.3) is 0 Å². The van der Waals surface area contributed by atoms with Crippen molar-refractivity contribution in [3.8, 4) is 17.2 Å². The minimum atomic E-state index is -0.445. The van der Waals surface area contributed by atoms with Crippen LogP contribution in [0.15, 0.2) is 66.7 Å². The number of carbonyl (C=O) groups is 1. The molecule has 140 valence electrons. The number of hydrogen-bond donors (Lipinski definition) is 0. The van der Waals surface area contributed by atoms with Crippen LogP contribution in [0.2, 0.25) is 0 Å². The zero-order valence-corrected chi connectivity index (χ0v) is 15.5. The fraction of sp³-hybridized carbons (Fsp3) is 0.261. The zero-order chi connectivity index (χ0) is 18.9. The van der Waals surface area contributed by atoms with E-state index in [1.165, 1.54) is 0 Å². The highest BCUT2D eigenvalue weighted by Gasteiger charge is 2.07. The third-order valence-corrected chi connectivity index (χ3v) is 4.13. The molecule has 4 heteroatoms. The summed E-state index contributed by atoms with van der Waals surface area (Å²) in [5.41, 5.74) is 0. The fourth-order valence-electron chi connectivity index (χ4n) is 2.73. The SMILES string of the molecule is CCCCCOc1cccc(OCC(=O)Oc2ccc3ccccc3c2)c1. The smallest absolute Gasteiger partial charge is 0.349 e. The number of fused-ring (bicyclic) bond motifs is 1. The Morgan fingerprint density at radius 2 is 1.56 bits per heavy atom. The van der Waals surface area contributed by atoms with Gasteiger partial charge in [-0.25, -0.2) is 4.79 Å². The van der Waals surface area contributed by atoms with Gasteiger partial charge in [0.05, 0.1) is 6.61 Å². The third kappa shape index (κ3) is 5.74. The molecule has 27 heavy (non-hydrogen) atoms. The van der Waals surface area contributed by atoms with Gasteiger partial charge in [-0.05, 0) is 41.5 Å². The lowest BCUT2D eigenvalue weighted by atomic mass is 10.1. The van der Waals surface area contributed by atoms with Gasteiger partial charge >= 0.3 is 5.97 Å². The molecule has 3 aromatic carbocycles. The van der Waals surface area contributed by atoms with Crippen molar-refractivity contribution in [2.45, 2.75) is 26.2 Å². The van der Waals surface area contributed by atoms with E-state index >= 15 is 0 Å². The van der Waals surface area contributed by atoms with Crippen LogP contribution in [0.5, 0.6) is 17.2 Å². The standard InChI is InChI=1S/C23H24O4/c1-2-3-6-14-25-20-10-7-11-21(16-20)26-17-23(24)27-22-13-12-18-8-4-5-9-19(18)15-22/h4-5,7-13,15-16H,2-3,6,14,17H2,1H3. The number of ether oxygens (including phenoxy) is 3. The van der Waals surface area contributed by atoms with E-state index in [9.17, 15) is 4.79 Å². The largest absolute Gasteiger partial charge is 0.493 e. The third-order valence-electron chi connectivity index (χ3n) is 4.13. The maximum absolute atomic E-state index is 12.1. The molecule has 0 aromatic heterocycles. The van der Waals surface area contributed by atoms with Crippen LogP contribution in [-0.4, -0.2) is 19.2 Å². The van der Waals surface area contributed by atoms with E-state index in [4.69, 9.17) is 14.2 Å². The normalized spacial score (nSPS) is 10.6. The quantitative estimate of drug-likeness (QED) is 0.290.